The largest absolute Gasteiger partial charge is 0.206 e. The Hall–Kier alpha value is -2.15. The summed E-state index contributed by atoms with van der Waals surface area (Å²) in [5, 5.41) is 1.63. The number of fused-ring (bicyclic) bond motifs is 1. The van der Waals surface area contributed by atoms with Crippen molar-refractivity contribution in [3.63, 3.8) is 0 Å². The summed E-state index contributed by atoms with van der Waals surface area (Å²) in [4.78, 5) is 0. The van der Waals surface area contributed by atoms with Crippen LogP contribution < -0.4 is 0 Å². The molecule has 0 unspecified atom stereocenters. The Bertz CT molecular complexity index is 657. The van der Waals surface area contributed by atoms with Crippen LogP contribution in [0.3, 0.4) is 0 Å². The predicted molar refractivity (Wildman–Crippen MR) is 69.3 cm³/mol. The maximum atomic E-state index is 13.7. The lowest BCUT2D eigenvalue weighted by molar-refractivity contribution is 0.640. The average molecular weight is 222 g/mol. The topological polar surface area (TPSA) is 0 Å². The maximum Gasteiger partial charge on any atom is 0.131 e. The maximum absolute atomic E-state index is 13.7. The van der Waals surface area contributed by atoms with Gasteiger partial charge in [0.1, 0.15) is 5.82 Å². The summed E-state index contributed by atoms with van der Waals surface area (Å²) in [5.41, 5.74) is 2.19. The molecule has 0 aliphatic rings. The third-order valence-electron chi connectivity index (χ3n) is 2.96. The quantitative estimate of drug-likeness (QED) is 0.562. The molecule has 1 heteroatoms. The van der Waals surface area contributed by atoms with Crippen molar-refractivity contribution in [1.82, 2.24) is 0 Å². The van der Waals surface area contributed by atoms with Gasteiger partial charge in [0, 0.05) is 5.39 Å². The van der Waals surface area contributed by atoms with Gasteiger partial charge in [-0.2, -0.15) is 0 Å². The lowest BCUT2D eigenvalue weighted by Gasteiger charge is -2.07. The predicted octanol–water partition coefficient (Wildman–Crippen LogP) is 4.65. The van der Waals surface area contributed by atoms with E-state index in [-0.39, 0.29) is 5.82 Å². The Morgan fingerprint density at radius 1 is 0.588 bits per heavy atom. The van der Waals surface area contributed by atoms with E-state index in [1.54, 1.807) is 0 Å². The summed E-state index contributed by atoms with van der Waals surface area (Å²) in [6.45, 7) is 0. The summed E-state index contributed by atoms with van der Waals surface area (Å²) < 4.78 is 13.7. The van der Waals surface area contributed by atoms with Crippen molar-refractivity contribution in [1.29, 1.82) is 0 Å². The van der Waals surface area contributed by atoms with E-state index in [0.29, 0.717) is 5.39 Å². The molecule has 3 aromatic rings. The number of hydrogen-bond donors (Lipinski definition) is 0. The lowest BCUT2D eigenvalue weighted by Crippen LogP contribution is -1.84. The summed E-state index contributed by atoms with van der Waals surface area (Å²) in [7, 11) is 0. The number of hydrogen-bond acceptors (Lipinski definition) is 0. The van der Waals surface area contributed by atoms with Crippen LogP contribution in [0.25, 0.3) is 21.9 Å². The van der Waals surface area contributed by atoms with Gasteiger partial charge in [-0.15, -0.1) is 0 Å². The Kier molecular flexibility index (Phi) is 2.37. The molecule has 0 radical (unpaired) electrons. The minimum atomic E-state index is -0.166. The van der Waals surface area contributed by atoms with Gasteiger partial charge in [0.05, 0.1) is 0 Å². The van der Waals surface area contributed by atoms with Crippen LogP contribution in [0.2, 0.25) is 0 Å². The summed E-state index contributed by atoms with van der Waals surface area (Å²) in [6, 6.07) is 21.0. The van der Waals surface area contributed by atoms with E-state index < -0.39 is 0 Å². The minimum Gasteiger partial charge on any atom is -0.206 e. The number of halogens is 1. The molecule has 0 saturated heterocycles. The lowest BCUT2D eigenvalue weighted by atomic mass is 9.98. The molecule has 0 atom stereocenters. The van der Waals surface area contributed by atoms with Crippen LogP contribution in [0.1, 0.15) is 0 Å². The highest BCUT2D eigenvalue weighted by molar-refractivity contribution is 5.96. The molecule has 0 saturated carbocycles. The van der Waals surface area contributed by atoms with Crippen molar-refractivity contribution in [2.75, 3.05) is 0 Å². The molecule has 0 aliphatic heterocycles. The SMILES string of the molecule is Fc1ccc(-c2ccccc2)c2ccccc12. The van der Waals surface area contributed by atoms with Crippen molar-refractivity contribution in [2.24, 2.45) is 0 Å². The standard InChI is InChI=1S/C16H11F/c17-16-11-10-13(12-6-2-1-3-7-12)14-8-4-5-9-15(14)16/h1-11H. The molecule has 3 rings (SSSR count). The number of rotatable bonds is 1. The van der Waals surface area contributed by atoms with Gasteiger partial charge < -0.3 is 0 Å². The minimum absolute atomic E-state index is 0.166. The highest BCUT2D eigenvalue weighted by atomic mass is 19.1. The summed E-state index contributed by atoms with van der Waals surface area (Å²) in [6.07, 6.45) is 0. The molecule has 0 N–H and O–H groups in total. The Morgan fingerprint density at radius 2 is 1.24 bits per heavy atom. The van der Waals surface area contributed by atoms with Crippen LogP contribution in [0, 0.1) is 5.82 Å². The van der Waals surface area contributed by atoms with E-state index in [2.05, 4.69) is 0 Å². The van der Waals surface area contributed by atoms with Crippen molar-refractivity contribution < 1.29 is 4.39 Å². The van der Waals surface area contributed by atoms with Gasteiger partial charge >= 0.3 is 0 Å². The van der Waals surface area contributed by atoms with Crippen LogP contribution >= 0.6 is 0 Å². The first kappa shape index (κ1) is 10.0. The molecule has 3 aromatic carbocycles. The molecule has 82 valence electrons. The van der Waals surface area contributed by atoms with E-state index in [1.165, 1.54) is 6.07 Å². The zero-order valence-corrected chi connectivity index (χ0v) is 9.23. The fourth-order valence-electron chi connectivity index (χ4n) is 2.13. The van der Waals surface area contributed by atoms with Crippen LogP contribution in [0.5, 0.6) is 0 Å². The molecule has 0 spiro atoms. The van der Waals surface area contributed by atoms with E-state index in [9.17, 15) is 4.39 Å². The third kappa shape index (κ3) is 1.70. The Balaban J connectivity index is 2.35. The Morgan fingerprint density at radius 3 is 2.00 bits per heavy atom. The van der Waals surface area contributed by atoms with E-state index >= 15 is 0 Å². The molecule has 0 fully saturated rings. The van der Waals surface area contributed by atoms with Gasteiger partial charge in [-0.25, -0.2) is 4.39 Å². The highest BCUT2D eigenvalue weighted by Crippen LogP contribution is 2.29. The van der Waals surface area contributed by atoms with E-state index in [1.807, 2.05) is 60.7 Å². The normalized spacial score (nSPS) is 10.6. The van der Waals surface area contributed by atoms with Crippen LogP contribution in [-0.4, -0.2) is 0 Å². The smallest absolute Gasteiger partial charge is 0.131 e. The van der Waals surface area contributed by atoms with Crippen LogP contribution in [0.4, 0.5) is 4.39 Å². The van der Waals surface area contributed by atoms with Crippen molar-refractivity contribution in [3.05, 3.63) is 72.5 Å². The van der Waals surface area contributed by atoms with Crippen molar-refractivity contribution >= 4 is 10.8 Å². The van der Waals surface area contributed by atoms with Gasteiger partial charge in [0.15, 0.2) is 0 Å². The first-order chi connectivity index (χ1) is 8.36. The zero-order chi connectivity index (χ0) is 11.7. The molecule has 0 amide bonds. The summed E-state index contributed by atoms with van der Waals surface area (Å²) >= 11 is 0. The van der Waals surface area contributed by atoms with Gasteiger partial charge in [-0.1, -0.05) is 60.7 Å². The van der Waals surface area contributed by atoms with Crippen LogP contribution in [-0.2, 0) is 0 Å². The molecule has 0 nitrogen and oxygen atoms in total. The van der Waals surface area contributed by atoms with Gasteiger partial charge in [-0.05, 0) is 22.6 Å². The van der Waals surface area contributed by atoms with Crippen LogP contribution in [0.15, 0.2) is 66.7 Å². The van der Waals surface area contributed by atoms with Crippen molar-refractivity contribution in [3.8, 4) is 11.1 Å². The average Bonchev–Trinajstić information content (AvgIpc) is 2.41. The Labute approximate surface area is 99.3 Å². The zero-order valence-electron chi connectivity index (χ0n) is 9.23. The molecule has 0 aliphatic carbocycles. The first-order valence-electron chi connectivity index (χ1n) is 5.59. The highest BCUT2D eigenvalue weighted by Gasteiger charge is 2.06. The van der Waals surface area contributed by atoms with Gasteiger partial charge in [0.25, 0.3) is 0 Å². The second-order valence-electron chi connectivity index (χ2n) is 4.01. The number of benzene rings is 3. The molecular weight excluding hydrogens is 211 g/mol. The van der Waals surface area contributed by atoms with Gasteiger partial charge in [0.2, 0.25) is 0 Å². The monoisotopic (exact) mass is 222 g/mol. The molecule has 0 aromatic heterocycles. The third-order valence-corrected chi connectivity index (χ3v) is 2.96. The van der Waals surface area contributed by atoms with E-state index in [0.717, 1.165) is 16.5 Å². The fraction of sp³-hybridized carbons (Fsp3) is 0. The van der Waals surface area contributed by atoms with Crippen molar-refractivity contribution in [2.45, 2.75) is 0 Å². The molecule has 17 heavy (non-hydrogen) atoms. The second-order valence-corrected chi connectivity index (χ2v) is 4.01. The van der Waals surface area contributed by atoms with Gasteiger partial charge in [-0.3, -0.25) is 0 Å². The molecular formula is C16H11F. The first-order valence-corrected chi connectivity index (χ1v) is 5.59. The fourth-order valence-corrected chi connectivity index (χ4v) is 2.13. The second kappa shape index (κ2) is 4.02. The molecule has 0 bridgehead atoms. The van der Waals surface area contributed by atoms with E-state index in [4.69, 9.17) is 0 Å². The molecule has 0 heterocycles. The summed E-state index contributed by atoms with van der Waals surface area (Å²) in [5.74, 6) is -0.166.